The topological polar surface area (TPSA) is 77.4 Å². The van der Waals surface area contributed by atoms with Gasteiger partial charge in [-0.05, 0) is 48.6 Å². The van der Waals surface area contributed by atoms with Crippen molar-refractivity contribution in [2.45, 2.75) is 33.1 Å². The Morgan fingerprint density at radius 3 is 2.55 bits per heavy atom. The van der Waals surface area contributed by atoms with Gasteiger partial charge in [0.25, 0.3) is 11.5 Å². The van der Waals surface area contributed by atoms with Crippen LogP contribution in [0.5, 0.6) is 0 Å². The van der Waals surface area contributed by atoms with Gasteiger partial charge in [0.1, 0.15) is 5.56 Å². The van der Waals surface area contributed by atoms with Crippen molar-refractivity contribution < 1.29 is 14.3 Å². The highest BCUT2D eigenvalue weighted by atomic mass is 35.5. The Hall–Kier alpha value is -2.44. The number of ketones is 1. The minimum atomic E-state index is -0.491. The summed E-state index contributed by atoms with van der Waals surface area (Å²) in [4.78, 5) is 38.8. The maximum absolute atomic E-state index is 13.3. The molecule has 0 radical (unpaired) electrons. The third kappa shape index (κ3) is 4.60. The van der Waals surface area contributed by atoms with E-state index in [0.29, 0.717) is 54.4 Å². The Bertz CT molecular complexity index is 993. The number of Topliss-reactive ketones (excluding diaryl/α,β-unsaturated/α-hetero) is 1. The molecule has 7 heteroatoms. The predicted octanol–water partition coefficient (Wildman–Crippen LogP) is 3.41. The van der Waals surface area contributed by atoms with Crippen molar-refractivity contribution in [3.05, 3.63) is 62.5 Å². The van der Waals surface area contributed by atoms with Crippen molar-refractivity contribution in [3.8, 4) is 5.69 Å². The van der Waals surface area contributed by atoms with Crippen molar-refractivity contribution in [3.63, 3.8) is 0 Å². The molecule has 0 spiro atoms. The van der Waals surface area contributed by atoms with Crippen LogP contribution in [0.3, 0.4) is 0 Å². The van der Waals surface area contributed by atoms with Crippen LogP contribution >= 0.6 is 11.6 Å². The first-order chi connectivity index (χ1) is 13.7. The lowest BCUT2D eigenvalue weighted by Gasteiger charge is -2.32. The molecule has 0 saturated carbocycles. The molecular weight excluding hydrogens is 392 g/mol. The monoisotopic (exact) mass is 416 g/mol. The number of nitrogens with one attached hydrogen (secondary N) is 1. The van der Waals surface area contributed by atoms with Crippen molar-refractivity contribution >= 4 is 23.3 Å². The number of hydrogen-bond acceptors (Lipinski definition) is 4. The second-order valence-electron chi connectivity index (χ2n) is 8.08. The number of ether oxygens (including phenoxy) is 1. The zero-order valence-electron chi connectivity index (χ0n) is 16.9. The van der Waals surface area contributed by atoms with Crippen LogP contribution < -0.4 is 10.9 Å². The number of carbonyl (C=O) groups is 2. The number of benzene rings is 1. The van der Waals surface area contributed by atoms with Crippen LogP contribution in [0.4, 0.5) is 0 Å². The summed E-state index contributed by atoms with van der Waals surface area (Å²) in [7, 11) is 1.59. The Labute approximate surface area is 174 Å². The second-order valence-corrected chi connectivity index (χ2v) is 8.51. The largest absolute Gasteiger partial charge is 0.385 e. The molecule has 1 aliphatic rings. The van der Waals surface area contributed by atoms with Gasteiger partial charge in [0.05, 0.1) is 0 Å². The summed E-state index contributed by atoms with van der Waals surface area (Å²) in [6, 6.07) is 8.26. The van der Waals surface area contributed by atoms with Gasteiger partial charge < -0.3 is 10.1 Å². The minimum Gasteiger partial charge on any atom is -0.385 e. The van der Waals surface area contributed by atoms with Gasteiger partial charge in [0, 0.05) is 48.6 Å². The summed E-state index contributed by atoms with van der Waals surface area (Å²) < 4.78 is 6.46. The molecule has 3 rings (SSSR count). The molecule has 0 bridgehead atoms. The Morgan fingerprint density at radius 2 is 1.90 bits per heavy atom. The zero-order valence-corrected chi connectivity index (χ0v) is 17.6. The van der Waals surface area contributed by atoms with Crippen LogP contribution in [0, 0.1) is 5.41 Å². The summed E-state index contributed by atoms with van der Waals surface area (Å²) in [5.74, 6) is -0.554. The molecule has 1 N–H and O–H groups in total. The van der Waals surface area contributed by atoms with E-state index in [4.69, 9.17) is 16.3 Å². The van der Waals surface area contributed by atoms with Gasteiger partial charge in [-0.2, -0.15) is 0 Å². The van der Waals surface area contributed by atoms with Crippen LogP contribution in [0.15, 0.2) is 35.1 Å². The molecule has 6 nitrogen and oxygen atoms in total. The van der Waals surface area contributed by atoms with E-state index in [1.165, 1.54) is 10.6 Å². The number of pyridine rings is 1. The number of fused-ring (bicyclic) bond motifs is 1. The van der Waals surface area contributed by atoms with Gasteiger partial charge >= 0.3 is 0 Å². The number of aromatic nitrogens is 1. The third-order valence-corrected chi connectivity index (χ3v) is 5.28. The van der Waals surface area contributed by atoms with E-state index >= 15 is 0 Å². The van der Waals surface area contributed by atoms with Gasteiger partial charge in [-0.3, -0.25) is 19.0 Å². The van der Waals surface area contributed by atoms with Crippen LogP contribution in [0.1, 0.15) is 53.1 Å². The maximum atomic E-state index is 13.3. The molecular formula is C22H25ClN2O4. The quantitative estimate of drug-likeness (QED) is 0.732. The van der Waals surface area contributed by atoms with E-state index in [0.717, 1.165) is 0 Å². The van der Waals surface area contributed by atoms with E-state index in [1.54, 1.807) is 31.4 Å². The molecule has 0 unspecified atom stereocenters. The summed E-state index contributed by atoms with van der Waals surface area (Å²) in [6.45, 7) is 4.89. The van der Waals surface area contributed by atoms with Gasteiger partial charge in [0.15, 0.2) is 5.78 Å². The molecule has 1 amide bonds. The van der Waals surface area contributed by atoms with E-state index < -0.39 is 11.5 Å². The molecule has 1 heterocycles. The van der Waals surface area contributed by atoms with Crippen LogP contribution in [-0.2, 0) is 11.2 Å². The number of rotatable bonds is 6. The lowest BCUT2D eigenvalue weighted by molar-refractivity contribution is 0.0908. The average Bonchev–Trinajstić information content (AvgIpc) is 2.65. The molecule has 0 aliphatic heterocycles. The molecule has 0 saturated heterocycles. The predicted molar refractivity (Wildman–Crippen MR) is 112 cm³/mol. The molecule has 29 heavy (non-hydrogen) atoms. The SMILES string of the molecule is COCCCNC(=O)c1cc2c(n(-c3ccc(Cl)cc3)c1=O)CC(C)(C)CC2=O. The van der Waals surface area contributed by atoms with E-state index in [9.17, 15) is 14.4 Å². The second kappa shape index (κ2) is 8.51. The summed E-state index contributed by atoms with van der Waals surface area (Å²) >= 11 is 6.00. The summed E-state index contributed by atoms with van der Waals surface area (Å²) in [5.41, 5.74) is 0.893. The highest BCUT2D eigenvalue weighted by Gasteiger charge is 2.35. The van der Waals surface area contributed by atoms with Crippen molar-refractivity contribution in [2.24, 2.45) is 5.41 Å². The van der Waals surface area contributed by atoms with Crippen LogP contribution in [0.2, 0.25) is 5.02 Å². The van der Waals surface area contributed by atoms with Gasteiger partial charge in [-0.25, -0.2) is 0 Å². The molecule has 1 aromatic carbocycles. The summed E-state index contributed by atoms with van der Waals surface area (Å²) in [6.07, 6.45) is 1.56. The number of amides is 1. The van der Waals surface area contributed by atoms with Gasteiger partial charge in [0.2, 0.25) is 0 Å². The number of carbonyl (C=O) groups excluding carboxylic acids is 2. The van der Waals surface area contributed by atoms with Crippen LogP contribution in [-0.4, -0.2) is 36.5 Å². The Kier molecular flexibility index (Phi) is 6.24. The lowest BCUT2D eigenvalue weighted by Crippen LogP contribution is -2.39. The maximum Gasteiger partial charge on any atom is 0.268 e. The number of nitrogens with zero attached hydrogens (tertiary/aromatic N) is 1. The first-order valence-corrected chi connectivity index (χ1v) is 9.96. The number of hydrogen-bond donors (Lipinski definition) is 1. The van der Waals surface area contributed by atoms with E-state index in [2.05, 4.69) is 5.32 Å². The fourth-order valence-corrected chi connectivity index (χ4v) is 3.78. The standard InChI is InChI=1S/C22H25ClN2O4/c1-22(2)12-18-16(19(26)13-22)11-17(20(27)24-9-4-10-29-3)21(28)25(18)15-7-5-14(23)6-8-15/h5-8,11H,4,9-10,12-13H2,1-3H3,(H,24,27). The number of methoxy groups -OCH3 is 1. The van der Waals surface area contributed by atoms with Crippen molar-refractivity contribution in [2.75, 3.05) is 20.3 Å². The zero-order chi connectivity index (χ0) is 21.2. The fourth-order valence-electron chi connectivity index (χ4n) is 3.65. The van der Waals surface area contributed by atoms with E-state index in [1.807, 2.05) is 13.8 Å². The summed E-state index contributed by atoms with van der Waals surface area (Å²) in [5, 5.41) is 3.28. The molecule has 1 aliphatic carbocycles. The Morgan fingerprint density at radius 1 is 1.21 bits per heavy atom. The first kappa shape index (κ1) is 21.3. The fraction of sp³-hybridized carbons (Fsp3) is 0.409. The molecule has 0 fully saturated rings. The molecule has 0 atom stereocenters. The lowest BCUT2D eigenvalue weighted by atomic mass is 9.75. The highest BCUT2D eigenvalue weighted by molar-refractivity contribution is 6.30. The first-order valence-electron chi connectivity index (χ1n) is 9.59. The van der Waals surface area contributed by atoms with Crippen molar-refractivity contribution in [1.82, 2.24) is 9.88 Å². The molecule has 154 valence electrons. The van der Waals surface area contributed by atoms with E-state index in [-0.39, 0.29) is 16.8 Å². The minimum absolute atomic E-state index is 0.0378. The number of halogens is 1. The van der Waals surface area contributed by atoms with Crippen molar-refractivity contribution in [1.29, 1.82) is 0 Å². The third-order valence-electron chi connectivity index (χ3n) is 5.03. The van der Waals surface area contributed by atoms with Crippen LogP contribution in [0.25, 0.3) is 5.69 Å². The highest BCUT2D eigenvalue weighted by Crippen LogP contribution is 2.35. The van der Waals surface area contributed by atoms with Gasteiger partial charge in [-0.1, -0.05) is 25.4 Å². The average molecular weight is 417 g/mol. The van der Waals surface area contributed by atoms with Gasteiger partial charge in [-0.15, -0.1) is 0 Å². The molecule has 2 aromatic rings. The Balaban J connectivity index is 2.13. The molecule has 1 aromatic heterocycles. The normalized spacial score (nSPS) is 15.1. The smallest absolute Gasteiger partial charge is 0.268 e.